The Labute approximate surface area is 200 Å². The van der Waals surface area contributed by atoms with Gasteiger partial charge in [0, 0.05) is 23.9 Å². The second-order valence-corrected chi connectivity index (χ2v) is 9.87. The molecule has 0 aliphatic rings. The number of aliphatic hydroxyl groups excluding tert-OH is 1. The molecule has 3 N–H and O–H groups in total. The van der Waals surface area contributed by atoms with Gasteiger partial charge in [-0.1, -0.05) is 65.0 Å². The van der Waals surface area contributed by atoms with Crippen molar-refractivity contribution in [3.05, 3.63) is 66.0 Å². The summed E-state index contributed by atoms with van der Waals surface area (Å²) in [6, 6.07) is 14.0. The van der Waals surface area contributed by atoms with Crippen LogP contribution in [0.2, 0.25) is 0 Å². The maximum atomic E-state index is 9.91. The summed E-state index contributed by atoms with van der Waals surface area (Å²) in [6.07, 6.45) is 3.64. The molecule has 3 aromatic heterocycles. The van der Waals surface area contributed by atoms with Gasteiger partial charge < -0.3 is 15.7 Å². The van der Waals surface area contributed by atoms with Gasteiger partial charge in [-0.15, -0.1) is 0 Å². The van der Waals surface area contributed by atoms with E-state index in [1.807, 2.05) is 24.4 Å². The molecule has 0 amide bonds. The molecule has 178 valence electrons. The van der Waals surface area contributed by atoms with Gasteiger partial charge in [0.25, 0.3) is 0 Å². The third kappa shape index (κ3) is 5.17. The Balaban J connectivity index is 1.60. The number of nitrogens with zero attached hydrogens (tertiary/aromatic N) is 5. The van der Waals surface area contributed by atoms with Gasteiger partial charge in [-0.05, 0) is 29.0 Å². The number of hydrogen-bond acceptors (Lipinski definition) is 7. The Morgan fingerprint density at radius 3 is 2.41 bits per heavy atom. The normalized spacial score (nSPS) is 12.8. The third-order valence-electron chi connectivity index (χ3n) is 5.91. The molecule has 4 aromatic rings. The first-order chi connectivity index (χ1) is 16.3. The molecule has 0 bridgehead atoms. The fraction of sp³-hybridized carbons (Fsp3) is 0.385. The van der Waals surface area contributed by atoms with Gasteiger partial charge in [-0.2, -0.15) is 19.6 Å². The molecule has 0 saturated heterocycles. The lowest BCUT2D eigenvalue weighted by Crippen LogP contribution is -2.37. The van der Waals surface area contributed by atoms with Crippen LogP contribution in [0.25, 0.3) is 16.9 Å². The van der Waals surface area contributed by atoms with E-state index < -0.39 is 0 Å². The van der Waals surface area contributed by atoms with Crippen molar-refractivity contribution in [2.75, 3.05) is 17.2 Å². The quantitative estimate of drug-likeness (QED) is 0.350. The molecule has 8 heteroatoms. The lowest BCUT2D eigenvalue weighted by molar-refractivity contribution is 0.201. The van der Waals surface area contributed by atoms with E-state index in [2.05, 4.69) is 79.6 Å². The van der Waals surface area contributed by atoms with E-state index in [-0.39, 0.29) is 24.0 Å². The molecular weight excluding hydrogens is 426 g/mol. The summed E-state index contributed by atoms with van der Waals surface area (Å²) in [4.78, 5) is 13.9. The van der Waals surface area contributed by atoms with Crippen LogP contribution in [0.15, 0.2) is 54.9 Å². The van der Waals surface area contributed by atoms with Gasteiger partial charge >= 0.3 is 0 Å². The summed E-state index contributed by atoms with van der Waals surface area (Å²) < 4.78 is 1.74. The van der Waals surface area contributed by atoms with Crippen molar-refractivity contribution in [3.63, 3.8) is 0 Å². The molecule has 3 heterocycles. The fourth-order valence-corrected chi connectivity index (χ4v) is 3.68. The smallest absolute Gasteiger partial charge is 0.229 e. The maximum absolute atomic E-state index is 9.91. The maximum Gasteiger partial charge on any atom is 0.229 e. The van der Waals surface area contributed by atoms with Crippen molar-refractivity contribution in [2.45, 2.75) is 53.1 Å². The monoisotopic (exact) mass is 459 g/mol. The molecular formula is C26H33N7O. The summed E-state index contributed by atoms with van der Waals surface area (Å²) in [5.74, 6) is 1.33. The van der Waals surface area contributed by atoms with E-state index >= 15 is 0 Å². The standard InChI is InChI=1S/C26H33N7O/c1-17(2)20-15-29-33-23(20)31-24(30-22(16-34)26(3,4)5)32-25(33)28-14-18-9-11-19(12-10-18)21-8-6-7-13-27-21/h6-13,15,17,22,34H,14,16H2,1-5H3,(H2,28,30,31,32). The zero-order valence-corrected chi connectivity index (χ0v) is 20.4. The highest BCUT2D eigenvalue weighted by Gasteiger charge is 2.25. The third-order valence-corrected chi connectivity index (χ3v) is 5.91. The first-order valence-corrected chi connectivity index (χ1v) is 11.6. The molecule has 0 saturated carbocycles. The van der Waals surface area contributed by atoms with Gasteiger partial charge in [0.15, 0.2) is 5.65 Å². The summed E-state index contributed by atoms with van der Waals surface area (Å²) in [5.41, 5.74) is 4.78. The molecule has 8 nitrogen and oxygen atoms in total. The Kier molecular flexibility index (Phi) is 6.79. The van der Waals surface area contributed by atoms with Crippen LogP contribution in [0.1, 0.15) is 51.7 Å². The molecule has 0 aliphatic heterocycles. The van der Waals surface area contributed by atoms with Gasteiger partial charge in [0.1, 0.15) is 0 Å². The molecule has 0 spiro atoms. The summed E-state index contributed by atoms with van der Waals surface area (Å²) in [5, 5.41) is 21.2. The highest BCUT2D eigenvalue weighted by molar-refractivity contribution is 5.59. The van der Waals surface area contributed by atoms with E-state index in [0.717, 1.165) is 28.0 Å². The minimum atomic E-state index is -0.188. The van der Waals surface area contributed by atoms with E-state index in [4.69, 9.17) is 9.97 Å². The first-order valence-electron chi connectivity index (χ1n) is 11.6. The topological polar surface area (TPSA) is 100 Å². The molecule has 1 aromatic carbocycles. The highest BCUT2D eigenvalue weighted by atomic mass is 16.3. The number of aliphatic hydroxyl groups is 1. The SMILES string of the molecule is CC(C)c1cnn2c(NCc3ccc(-c4ccccn4)cc3)nc(NC(CO)C(C)(C)C)nc12. The van der Waals surface area contributed by atoms with Crippen LogP contribution < -0.4 is 10.6 Å². The highest BCUT2D eigenvalue weighted by Crippen LogP contribution is 2.25. The van der Waals surface area contributed by atoms with Gasteiger partial charge in [0.05, 0.1) is 24.5 Å². The fourth-order valence-electron chi connectivity index (χ4n) is 3.68. The number of benzene rings is 1. The molecule has 0 aliphatic carbocycles. The van der Waals surface area contributed by atoms with E-state index in [9.17, 15) is 5.11 Å². The van der Waals surface area contributed by atoms with Crippen LogP contribution in [-0.4, -0.2) is 42.3 Å². The van der Waals surface area contributed by atoms with Crippen molar-refractivity contribution < 1.29 is 5.11 Å². The number of pyridine rings is 1. The molecule has 34 heavy (non-hydrogen) atoms. The average Bonchev–Trinajstić information content (AvgIpc) is 3.25. The minimum Gasteiger partial charge on any atom is -0.394 e. The van der Waals surface area contributed by atoms with E-state index in [1.165, 1.54) is 0 Å². The Hall–Kier alpha value is -3.52. The molecule has 0 radical (unpaired) electrons. The number of nitrogens with one attached hydrogen (secondary N) is 2. The first kappa shape index (κ1) is 23.6. The average molecular weight is 460 g/mol. The zero-order valence-electron chi connectivity index (χ0n) is 20.4. The Bertz CT molecular complexity index is 1230. The van der Waals surface area contributed by atoms with Crippen LogP contribution in [0.3, 0.4) is 0 Å². The molecule has 1 unspecified atom stereocenters. The van der Waals surface area contributed by atoms with Crippen molar-refractivity contribution in [3.8, 4) is 11.3 Å². The second-order valence-electron chi connectivity index (χ2n) is 9.87. The summed E-state index contributed by atoms with van der Waals surface area (Å²) >= 11 is 0. The van der Waals surface area contributed by atoms with Gasteiger partial charge in [0.2, 0.25) is 11.9 Å². The number of anilines is 2. The minimum absolute atomic E-state index is 0.0142. The Morgan fingerprint density at radius 1 is 1.03 bits per heavy atom. The predicted molar refractivity (Wildman–Crippen MR) is 136 cm³/mol. The van der Waals surface area contributed by atoms with Crippen LogP contribution >= 0.6 is 0 Å². The van der Waals surface area contributed by atoms with E-state index in [1.54, 1.807) is 10.7 Å². The number of rotatable bonds is 8. The van der Waals surface area contributed by atoms with Gasteiger partial charge in [-0.25, -0.2) is 0 Å². The number of aromatic nitrogens is 5. The van der Waals surface area contributed by atoms with E-state index in [0.29, 0.717) is 18.4 Å². The van der Waals surface area contributed by atoms with Crippen molar-refractivity contribution in [1.29, 1.82) is 0 Å². The van der Waals surface area contributed by atoms with Crippen LogP contribution in [0.5, 0.6) is 0 Å². The van der Waals surface area contributed by atoms with Gasteiger partial charge in [-0.3, -0.25) is 4.98 Å². The second kappa shape index (κ2) is 9.77. The molecule has 0 fully saturated rings. The van der Waals surface area contributed by atoms with Crippen LogP contribution in [0.4, 0.5) is 11.9 Å². The van der Waals surface area contributed by atoms with Crippen LogP contribution in [-0.2, 0) is 6.54 Å². The largest absolute Gasteiger partial charge is 0.394 e. The lowest BCUT2D eigenvalue weighted by atomic mass is 9.87. The molecule has 1 atom stereocenters. The summed E-state index contributed by atoms with van der Waals surface area (Å²) in [7, 11) is 0. The zero-order chi connectivity index (χ0) is 24.3. The Morgan fingerprint density at radius 2 is 1.79 bits per heavy atom. The predicted octanol–water partition coefficient (Wildman–Crippen LogP) is 4.74. The lowest BCUT2D eigenvalue weighted by Gasteiger charge is -2.29. The summed E-state index contributed by atoms with van der Waals surface area (Å²) in [6.45, 7) is 11.0. The van der Waals surface area contributed by atoms with Crippen molar-refractivity contribution in [2.24, 2.45) is 5.41 Å². The van der Waals surface area contributed by atoms with Crippen LogP contribution in [0, 0.1) is 5.41 Å². The number of hydrogen-bond donors (Lipinski definition) is 3. The number of fused-ring (bicyclic) bond motifs is 1. The van der Waals surface area contributed by atoms with Crippen molar-refractivity contribution in [1.82, 2.24) is 24.6 Å². The molecule has 4 rings (SSSR count). The van der Waals surface area contributed by atoms with Crippen molar-refractivity contribution >= 4 is 17.5 Å².